The van der Waals surface area contributed by atoms with Gasteiger partial charge in [0.15, 0.2) is 0 Å². The minimum absolute atomic E-state index is 0.243. The first kappa shape index (κ1) is 22.0. The Balaban J connectivity index is 1.45. The number of carbonyl (C=O) groups excluding carboxylic acids is 2. The van der Waals surface area contributed by atoms with Crippen LogP contribution in [-0.4, -0.2) is 29.8 Å². The van der Waals surface area contributed by atoms with Gasteiger partial charge in [-0.2, -0.15) is 0 Å². The van der Waals surface area contributed by atoms with Gasteiger partial charge in [-0.05, 0) is 61.6 Å². The van der Waals surface area contributed by atoms with Crippen molar-refractivity contribution < 1.29 is 9.59 Å². The van der Waals surface area contributed by atoms with E-state index in [1.54, 1.807) is 0 Å². The molecule has 1 saturated heterocycles. The number of amides is 2. The van der Waals surface area contributed by atoms with Gasteiger partial charge in [-0.3, -0.25) is 14.5 Å². The van der Waals surface area contributed by atoms with Crippen molar-refractivity contribution in [1.82, 2.24) is 4.90 Å². The second kappa shape index (κ2) is 9.56. The molecule has 1 fully saturated rings. The van der Waals surface area contributed by atoms with Crippen LogP contribution in [0.25, 0.3) is 5.57 Å². The minimum atomic E-state index is -0.301. The smallest absolute Gasteiger partial charge is 0.278 e. The Hall–Kier alpha value is -3.86. The molecule has 0 atom stereocenters. The number of piperidine rings is 1. The summed E-state index contributed by atoms with van der Waals surface area (Å²) in [5.74, 6) is -0.574. The van der Waals surface area contributed by atoms with E-state index in [2.05, 4.69) is 22.3 Å². The largest absolute Gasteiger partial charge is 0.372 e. The number of carbonyl (C=O) groups is 2. The number of hydrogen-bond acceptors (Lipinski definition) is 4. The third-order valence-corrected chi connectivity index (χ3v) is 6.55. The molecule has 2 heterocycles. The Morgan fingerprint density at radius 1 is 0.765 bits per heavy atom. The topological polar surface area (TPSA) is 52.7 Å². The van der Waals surface area contributed by atoms with Crippen LogP contribution < -0.4 is 10.2 Å². The van der Waals surface area contributed by atoms with Gasteiger partial charge in [-0.25, -0.2) is 0 Å². The summed E-state index contributed by atoms with van der Waals surface area (Å²) in [6, 6.07) is 25.5. The van der Waals surface area contributed by atoms with E-state index in [1.807, 2.05) is 73.7 Å². The number of benzene rings is 3. The van der Waals surface area contributed by atoms with E-state index in [0.29, 0.717) is 11.3 Å². The summed E-state index contributed by atoms with van der Waals surface area (Å²) >= 11 is 0. The van der Waals surface area contributed by atoms with Gasteiger partial charge in [0, 0.05) is 24.5 Å². The van der Waals surface area contributed by atoms with Crippen LogP contribution in [0.4, 0.5) is 11.4 Å². The van der Waals surface area contributed by atoms with Crippen LogP contribution in [0.2, 0.25) is 0 Å². The van der Waals surface area contributed by atoms with Crippen molar-refractivity contribution in [3.8, 4) is 0 Å². The fourth-order valence-corrected chi connectivity index (χ4v) is 4.64. The third kappa shape index (κ3) is 4.46. The van der Waals surface area contributed by atoms with Crippen LogP contribution in [0.3, 0.4) is 0 Å². The van der Waals surface area contributed by atoms with Gasteiger partial charge < -0.3 is 10.2 Å². The number of anilines is 2. The first-order chi connectivity index (χ1) is 16.6. The van der Waals surface area contributed by atoms with Gasteiger partial charge in [0.1, 0.15) is 5.70 Å². The van der Waals surface area contributed by atoms with E-state index in [9.17, 15) is 9.59 Å². The normalized spacial score (nSPS) is 16.4. The molecule has 0 bridgehead atoms. The van der Waals surface area contributed by atoms with Crippen molar-refractivity contribution in [2.45, 2.75) is 32.7 Å². The molecule has 0 saturated carbocycles. The maximum Gasteiger partial charge on any atom is 0.278 e. The molecule has 172 valence electrons. The predicted molar refractivity (Wildman–Crippen MR) is 136 cm³/mol. The summed E-state index contributed by atoms with van der Waals surface area (Å²) in [5.41, 5.74) is 5.49. The zero-order valence-corrected chi connectivity index (χ0v) is 19.5. The summed E-state index contributed by atoms with van der Waals surface area (Å²) in [5, 5.41) is 3.28. The molecule has 5 heteroatoms. The standard InChI is InChI=1S/C29H29N3O2/c1-21-10-12-23(13-11-21)26-27(29(34)32(28(26)33)20-22-8-4-2-5-9-22)30-24-14-16-25(17-15-24)31-18-6-3-7-19-31/h2,4-5,8-17,30H,3,6-7,18-20H2,1H3. The first-order valence-electron chi connectivity index (χ1n) is 11.9. The first-order valence-corrected chi connectivity index (χ1v) is 11.9. The van der Waals surface area contributed by atoms with Crippen molar-refractivity contribution >= 4 is 28.8 Å². The minimum Gasteiger partial charge on any atom is -0.372 e. The van der Waals surface area contributed by atoms with Crippen LogP contribution in [-0.2, 0) is 16.1 Å². The lowest BCUT2D eigenvalue weighted by molar-refractivity contribution is -0.137. The highest BCUT2D eigenvalue weighted by atomic mass is 16.2. The number of aryl methyl sites for hydroxylation is 1. The Bertz CT molecular complexity index is 1210. The van der Waals surface area contributed by atoms with Crippen LogP contribution in [0, 0.1) is 6.92 Å². The Labute approximate surface area is 200 Å². The molecule has 5 rings (SSSR count). The van der Waals surface area contributed by atoms with Crippen molar-refractivity contribution in [3.05, 3.63) is 101 Å². The van der Waals surface area contributed by atoms with Crippen molar-refractivity contribution in [2.75, 3.05) is 23.3 Å². The molecule has 2 aliphatic heterocycles. The summed E-state index contributed by atoms with van der Waals surface area (Å²) < 4.78 is 0. The fourth-order valence-electron chi connectivity index (χ4n) is 4.64. The number of rotatable bonds is 6. The Kier molecular flexibility index (Phi) is 6.17. The number of nitrogens with one attached hydrogen (secondary N) is 1. The lowest BCUT2D eigenvalue weighted by Crippen LogP contribution is -2.32. The molecular formula is C29H29N3O2. The quantitative estimate of drug-likeness (QED) is 0.512. The monoisotopic (exact) mass is 451 g/mol. The summed E-state index contributed by atoms with van der Waals surface area (Å²) in [6.45, 7) is 4.41. The summed E-state index contributed by atoms with van der Waals surface area (Å²) in [7, 11) is 0. The molecule has 3 aromatic rings. The maximum atomic E-state index is 13.5. The molecule has 34 heavy (non-hydrogen) atoms. The summed E-state index contributed by atoms with van der Waals surface area (Å²) in [6.07, 6.45) is 3.74. The molecule has 0 radical (unpaired) electrons. The molecule has 2 amide bonds. The number of hydrogen-bond donors (Lipinski definition) is 1. The van der Waals surface area contributed by atoms with Gasteiger partial charge in [0.05, 0.1) is 12.1 Å². The van der Waals surface area contributed by atoms with Crippen LogP contribution in [0.1, 0.15) is 36.0 Å². The second-order valence-corrected chi connectivity index (χ2v) is 9.02. The maximum absolute atomic E-state index is 13.5. The molecular weight excluding hydrogens is 422 g/mol. The van der Waals surface area contributed by atoms with E-state index >= 15 is 0 Å². The molecule has 2 aliphatic rings. The molecule has 0 spiro atoms. The van der Waals surface area contributed by atoms with E-state index in [4.69, 9.17) is 0 Å². The highest BCUT2D eigenvalue weighted by molar-refractivity contribution is 6.36. The van der Waals surface area contributed by atoms with Crippen molar-refractivity contribution in [1.29, 1.82) is 0 Å². The number of nitrogens with zero attached hydrogens (tertiary/aromatic N) is 2. The molecule has 0 unspecified atom stereocenters. The predicted octanol–water partition coefficient (Wildman–Crippen LogP) is 5.38. The van der Waals surface area contributed by atoms with Crippen molar-refractivity contribution in [3.63, 3.8) is 0 Å². The van der Waals surface area contributed by atoms with Crippen molar-refractivity contribution in [2.24, 2.45) is 0 Å². The number of imide groups is 1. The Morgan fingerprint density at radius 3 is 2.12 bits per heavy atom. The van der Waals surface area contributed by atoms with Crippen LogP contribution >= 0.6 is 0 Å². The fraction of sp³-hybridized carbons (Fsp3) is 0.241. The summed E-state index contributed by atoms with van der Waals surface area (Å²) in [4.78, 5) is 30.7. The molecule has 3 aromatic carbocycles. The van der Waals surface area contributed by atoms with E-state index in [1.165, 1.54) is 29.8 Å². The van der Waals surface area contributed by atoms with Gasteiger partial charge in [0.2, 0.25) is 0 Å². The second-order valence-electron chi connectivity index (χ2n) is 9.02. The van der Waals surface area contributed by atoms with Gasteiger partial charge in [0.25, 0.3) is 11.8 Å². The van der Waals surface area contributed by atoms with Crippen LogP contribution in [0.5, 0.6) is 0 Å². The molecule has 1 N–H and O–H groups in total. The highest BCUT2D eigenvalue weighted by Crippen LogP contribution is 2.32. The lowest BCUT2D eigenvalue weighted by Gasteiger charge is -2.28. The molecule has 0 aliphatic carbocycles. The average Bonchev–Trinajstić information content (AvgIpc) is 3.10. The molecule has 5 nitrogen and oxygen atoms in total. The third-order valence-electron chi connectivity index (χ3n) is 6.55. The zero-order valence-electron chi connectivity index (χ0n) is 19.5. The zero-order chi connectivity index (χ0) is 23.5. The Morgan fingerprint density at radius 2 is 1.44 bits per heavy atom. The average molecular weight is 452 g/mol. The van der Waals surface area contributed by atoms with Gasteiger partial charge in [-0.1, -0.05) is 60.2 Å². The lowest BCUT2D eigenvalue weighted by atomic mass is 10.0. The van der Waals surface area contributed by atoms with Crippen LogP contribution in [0.15, 0.2) is 84.6 Å². The van der Waals surface area contributed by atoms with Gasteiger partial charge in [-0.15, -0.1) is 0 Å². The van der Waals surface area contributed by atoms with E-state index in [0.717, 1.165) is 35.5 Å². The van der Waals surface area contributed by atoms with Gasteiger partial charge >= 0.3 is 0 Å². The van der Waals surface area contributed by atoms with E-state index in [-0.39, 0.29) is 18.4 Å². The van der Waals surface area contributed by atoms with E-state index < -0.39 is 0 Å². The molecule has 0 aromatic heterocycles. The SMILES string of the molecule is Cc1ccc(C2=C(Nc3ccc(N4CCCCC4)cc3)C(=O)N(Cc3ccccc3)C2=O)cc1. The highest BCUT2D eigenvalue weighted by Gasteiger charge is 2.39.